The van der Waals surface area contributed by atoms with Gasteiger partial charge < -0.3 is 9.88 Å². The summed E-state index contributed by atoms with van der Waals surface area (Å²) in [7, 11) is 0. The van der Waals surface area contributed by atoms with Gasteiger partial charge in [-0.1, -0.05) is 64.1 Å². The van der Waals surface area contributed by atoms with E-state index in [9.17, 15) is 4.79 Å². The SMILES string of the molecule is CCn1c(SCC(=O)NC(C)Cc2ccc(Br)cc2)nnc1-c1ccccc1C. The third-order valence-electron chi connectivity index (χ3n) is 4.61. The zero-order valence-electron chi connectivity index (χ0n) is 16.9. The van der Waals surface area contributed by atoms with E-state index >= 15 is 0 Å². The van der Waals surface area contributed by atoms with Crippen LogP contribution in [0.5, 0.6) is 0 Å². The summed E-state index contributed by atoms with van der Waals surface area (Å²) < 4.78 is 3.12. The lowest BCUT2D eigenvalue weighted by molar-refractivity contribution is -0.119. The molecule has 0 aliphatic rings. The minimum Gasteiger partial charge on any atom is -0.353 e. The second-order valence-corrected chi connectivity index (χ2v) is 8.81. The number of hydrogen-bond acceptors (Lipinski definition) is 4. The van der Waals surface area contributed by atoms with Crippen molar-refractivity contribution in [3.63, 3.8) is 0 Å². The zero-order chi connectivity index (χ0) is 20.8. The Morgan fingerprint density at radius 2 is 1.90 bits per heavy atom. The molecule has 1 aromatic heterocycles. The normalized spacial score (nSPS) is 12.0. The van der Waals surface area contributed by atoms with Crippen LogP contribution in [-0.2, 0) is 17.8 Å². The van der Waals surface area contributed by atoms with Crippen molar-refractivity contribution in [3.05, 3.63) is 64.1 Å². The van der Waals surface area contributed by atoms with E-state index in [1.54, 1.807) is 0 Å². The van der Waals surface area contributed by atoms with Crippen molar-refractivity contribution < 1.29 is 4.79 Å². The second kappa shape index (κ2) is 10.1. The van der Waals surface area contributed by atoms with Crippen molar-refractivity contribution in [2.45, 2.75) is 44.9 Å². The van der Waals surface area contributed by atoms with Crippen LogP contribution in [0.4, 0.5) is 0 Å². The van der Waals surface area contributed by atoms with Crippen LogP contribution in [0, 0.1) is 6.92 Å². The molecule has 1 amide bonds. The molecule has 0 radical (unpaired) electrons. The molecule has 5 nitrogen and oxygen atoms in total. The van der Waals surface area contributed by atoms with Gasteiger partial charge in [-0.2, -0.15) is 0 Å². The first-order valence-corrected chi connectivity index (χ1v) is 11.4. The highest BCUT2D eigenvalue weighted by Crippen LogP contribution is 2.26. The molecule has 1 heterocycles. The third kappa shape index (κ3) is 5.70. The highest BCUT2D eigenvalue weighted by atomic mass is 79.9. The predicted molar refractivity (Wildman–Crippen MR) is 122 cm³/mol. The van der Waals surface area contributed by atoms with Crippen molar-refractivity contribution >= 4 is 33.6 Å². The molecule has 2 aromatic carbocycles. The van der Waals surface area contributed by atoms with E-state index in [1.807, 2.05) is 31.2 Å². The van der Waals surface area contributed by atoms with Crippen LogP contribution in [-0.4, -0.2) is 32.5 Å². The first-order chi connectivity index (χ1) is 14.0. The highest BCUT2D eigenvalue weighted by molar-refractivity contribution is 9.10. The first-order valence-electron chi connectivity index (χ1n) is 9.63. The molecule has 0 fully saturated rings. The lowest BCUT2D eigenvalue weighted by Gasteiger charge is -2.14. The van der Waals surface area contributed by atoms with E-state index in [0.29, 0.717) is 5.75 Å². The number of benzene rings is 2. The van der Waals surface area contributed by atoms with Crippen molar-refractivity contribution in [1.82, 2.24) is 20.1 Å². The van der Waals surface area contributed by atoms with Gasteiger partial charge in [0.2, 0.25) is 5.91 Å². The van der Waals surface area contributed by atoms with Crippen LogP contribution < -0.4 is 5.32 Å². The average Bonchev–Trinajstić information content (AvgIpc) is 3.11. The number of thioether (sulfide) groups is 1. The fourth-order valence-corrected chi connectivity index (χ4v) is 4.25. The standard InChI is InChI=1S/C22H25BrN4OS/c1-4-27-21(19-8-6-5-7-15(19)2)25-26-22(27)29-14-20(28)24-16(3)13-17-9-11-18(23)12-10-17/h5-12,16H,4,13-14H2,1-3H3,(H,24,28). The van der Waals surface area contributed by atoms with Crippen LogP contribution in [0.3, 0.4) is 0 Å². The number of halogens is 1. The summed E-state index contributed by atoms with van der Waals surface area (Å²) in [5.74, 6) is 1.16. The fraction of sp³-hybridized carbons (Fsp3) is 0.318. The summed E-state index contributed by atoms with van der Waals surface area (Å²) in [5, 5.41) is 12.5. The Bertz CT molecular complexity index is 971. The number of nitrogens with zero attached hydrogens (tertiary/aromatic N) is 3. The summed E-state index contributed by atoms with van der Waals surface area (Å²) in [6, 6.07) is 16.4. The Kier molecular flexibility index (Phi) is 7.50. The molecule has 0 bridgehead atoms. The molecule has 0 aliphatic carbocycles. The third-order valence-corrected chi connectivity index (χ3v) is 6.11. The molecule has 1 atom stereocenters. The van der Waals surface area contributed by atoms with Gasteiger partial charge in [0.25, 0.3) is 0 Å². The van der Waals surface area contributed by atoms with E-state index in [1.165, 1.54) is 17.3 Å². The van der Waals surface area contributed by atoms with Crippen molar-refractivity contribution in [1.29, 1.82) is 0 Å². The Morgan fingerprint density at radius 1 is 1.17 bits per heavy atom. The maximum atomic E-state index is 12.4. The second-order valence-electron chi connectivity index (χ2n) is 6.95. The van der Waals surface area contributed by atoms with Crippen LogP contribution in [0.2, 0.25) is 0 Å². The van der Waals surface area contributed by atoms with E-state index in [2.05, 4.69) is 74.1 Å². The lowest BCUT2D eigenvalue weighted by Crippen LogP contribution is -2.35. The minimum absolute atomic E-state index is 0.00251. The number of carbonyl (C=O) groups excluding carboxylic acids is 1. The van der Waals surface area contributed by atoms with E-state index in [4.69, 9.17) is 0 Å². The van der Waals surface area contributed by atoms with E-state index < -0.39 is 0 Å². The number of amides is 1. The number of hydrogen-bond donors (Lipinski definition) is 1. The van der Waals surface area contributed by atoms with Crippen molar-refractivity contribution in [2.75, 3.05) is 5.75 Å². The van der Waals surface area contributed by atoms with Crippen molar-refractivity contribution in [2.24, 2.45) is 0 Å². The molecular formula is C22H25BrN4OS. The Morgan fingerprint density at radius 3 is 2.59 bits per heavy atom. The molecule has 0 aliphatic heterocycles. The summed E-state index contributed by atoms with van der Waals surface area (Å²) in [4.78, 5) is 12.4. The van der Waals surface area contributed by atoms with E-state index in [0.717, 1.165) is 39.5 Å². The molecule has 152 valence electrons. The monoisotopic (exact) mass is 472 g/mol. The number of aryl methyl sites for hydroxylation is 1. The van der Waals surface area contributed by atoms with Gasteiger partial charge in [0.05, 0.1) is 5.75 Å². The summed E-state index contributed by atoms with van der Waals surface area (Å²) >= 11 is 4.86. The molecule has 1 unspecified atom stereocenters. The van der Waals surface area contributed by atoms with Gasteiger partial charge in [-0.25, -0.2) is 0 Å². The maximum absolute atomic E-state index is 12.4. The first kappa shape index (κ1) is 21.6. The van der Waals surface area contributed by atoms with Gasteiger partial charge >= 0.3 is 0 Å². The van der Waals surface area contributed by atoms with Gasteiger partial charge in [0.15, 0.2) is 11.0 Å². The summed E-state index contributed by atoms with van der Waals surface area (Å²) in [6.45, 7) is 6.91. The van der Waals surface area contributed by atoms with Crippen LogP contribution in [0.25, 0.3) is 11.4 Å². The van der Waals surface area contributed by atoms with Gasteiger partial charge in [0.1, 0.15) is 0 Å². The Balaban J connectivity index is 1.59. The fourth-order valence-electron chi connectivity index (χ4n) is 3.18. The molecule has 0 saturated heterocycles. The van der Waals surface area contributed by atoms with Gasteiger partial charge in [-0.15, -0.1) is 10.2 Å². The summed E-state index contributed by atoms with van der Waals surface area (Å²) in [6.07, 6.45) is 0.798. The number of rotatable bonds is 8. The predicted octanol–water partition coefficient (Wildman–Crippen LogP) is 4.88. The molecule has 3 rings (SSSR count). The Labute approximate surface area is 184 Å². The number of nitrogens with one attached hydrogen (secondary N) is 1. The Hall–Kier alpha value is -2.12. The number of aromatic nitrogens is 3. The van der Waals surface area contributed by atoms with Gasteiger partial charge in [-0.05, 0) is 50.5 Å². The van der Waals surface area contributed by atoms with Crippen molar-refractivity contribution in [3.8, 4) is 11.4 Å². The smallest absolute Gasteiger partial charge is 0.230 e. The molecule has 3 aromatic rings. The molecule has 7 heteroatoms. The molecule has 29 heavy (non-hydrogen) atoms. The van der Waals surface area contributed by atoms with Gasteiger partial charge in [-0.3, -0.25) is 4.79 Å². The molecule has 0 saturated carbocycles. The largest absolute Gasteiger partial charge is 0.353 e. The molecule has 1 N–H and O–H groups in total. The maximum Gasteiger partial charge on any atom is 0.230 e. The quantitative estimate of drug-likeness (QED) is 0.474. The van der Waals surface area contributed by atoms with Crippen LogP contribution in [0.1, 0.15) is 25.0 Å². The van der Waals surface area contributed by atoms with E-state index in [-0.39, 0.29) is 11.9 Å². The minimum atomic E-state index is 0.00251. The van der Waals surface area contributed by atoms with Gasteiger partial charge in [0, 0.05) is 22.6 Å². The topological polar surface area (TPSA) is 59.8 Å². The number of carbonyl (C=O) groups is 1. The average molecular weight is 473 g/mol. The highest BCUT2D eigenvalue weighted by Gasteiger charge is 2.16. The summed E-state index contributed by atoms with van der Waals surface area (Å²) in [5.41, 5.74) is 3.43. The van der Waals surface area contributed by atoms with Crippen LogP contribution >= 0.6 is 27.7 Å². The molecule has 0 spiro atoms. The lowest BCUT2D eigenvalue weighted by atomic mass is 10.1. The zero-order valence-corrected chi connectivity index (χ0v) is 19.3. The van der Waals surface area contributed by atoms with Crippen LogP contribution in [0.15, 0.2) is 58.2 Å². The molecular weight excluding hydrogens is 448 g/mol.